The van der Waals surface area contributed by atoms with Crippen LogP contribution < -0.4 is 10.5 Å². The van der Waals surface area contributed by atoms with Crippen LogP contribution in [0.15, 0.2) is 40.8 Å². The Morgan fingerprint density at radius 1 is 1.38 bits per heavy atom. The monoisotopic (exact) mass is 288 g/mol. The van der Waals surface area contributed by atoms with Gasteiger partial charge in [0.15, 0.2) is 0 Å². The highest BCUT2D eigenvalue weighted by Gasteiger charge is 2.19. The van der Waals surface area contributed by atoms with Gasteiger partial charge in [-0.2, -0.15) is 0 Å². The number of carbonyl (C=O) groups is 1. The van der Waals surface area contributed by atoms with Gasteiger partial charge in [0, 0.05) is 6.08 Å². The number of nitro benzene ring substituents is 1. The van der Waals surface area contributed by atoms with Crippen molar-refractivity contribution in [3.05, 3.63) is 52.3 Å². The average Bonchev–Trinajstić information content (AvgIpc) is 2.93. The molecule has 1 aromatic heterocycles. The van der Waals surface area contributed by atoms with E-state index >= 15 is 0 Å². The maximum absolute atomic E-state index is 11.1. The van der Waals surface area contributed by atoms with Crippen LogP contribution in [0.2, 0.25) is 0 Å². The first kappa shape index (κ1) is 14.3. The van der Waals surface area contributed by atoms with Gasteiger partial charge in [-0.25, -0.2) is 0 Å². The molecule has 0 aliphatic heterocycles. The molecule has 0 aliphatic carbocycles. The Hall–Kier alpha value is -3.09. The summed E-state index contributed by atoms with van der Waals surface area (Å²) in [6.07, 6.45) is 2.53. The number of amides is 1. The lowest BCUT2D eigenvalue weighted by Crippen LogP contribution is -2.04. The number of ether oxygens (including phenoxy) is 1. The van der Waals surface area contributed by atoms with Crippen molar-refractivity contribution in [3.8, 4) is 17.1 Å². The number of furan rings is 1. The molecule has 108 valence electrons. The highest BCUT2D eigenvalue weighted by Crippen LogP contribution is 2.34. The van der Waals surface area contributed by atoms with Crippen LogP contribution in [-0.2, 0) is 4.79 Å². The van der Waals surface area contributed by atoms with Gasteiger partial charge < -0.3 is 14.9 Å². The Kier molecular flexibility index (Phi) is 4.03. The van der Waals surface area contributed by atoms with E-state index in [9.17, 15) is 14.9 Å². The van der Waals surface area contributed by atoms with Crippen molar-refractivity contribution in [3.63, 3.8) is 0 Å². The number of methoxy groups -OCH3 is 1. The van der Waals surface area contributed by atoms with Crippen molar-refractivity contribution in [2.45, 2.75) is 0 Å². The van der Waals surface area contributed by atoms with E-state index < -0.39 is 10.8 Å². The summed E-state index contributed by atoms with van der Waals surface area (Å²) < 4.78 is 10.4. The molecule has 0 unspecified atom stereocenters. The summed E-state index contributed by atoms with van der Waals surface area (Å²) in [5.74, 6) is 0.455. The van der Waals surface area contributed by atoms with Gasteiger partial charge >= 0.3 is 0 Å². The van der Waals surface area contributed by atoms with Crippen LogP contribution in [0.3, 0.4) is 0 Å². The van der Waals surface area contributed by atoms with Crippen molar-refractivity contribution in [1.82, 2.24) is 0 Å². The summed E-state index contributed by atoms with van der Waals surface area (Å²) >= 11 is 0. The highest BCUT2D eigenvalue weighted by atomic mass is 16.6. The van der Waals surface area contributed by atoms with Gasteiger partial charge in [0.1, 0.15) is 17.3 Å². The maximum Gasteiger partial charge on any atom is 0.284 e. The van der Waals surface area contributed by atoms with Crippen LogP contribution in [0.1, 0.15) is 5.76 Å². The summed E-state index contributed by atoms with van der Waals surface area (Å²) in [6.45, 7) is 0. The maximum atomic E-state index is 11.1. The minimum absolute atomic E-state index is 0.130. The lowest BCUT2D eigenvalue weighted by atomic mass is 10.1. The van der Waals surface area contributed by atoms with Crippen molar-refractivity contribution in [1.29, 1.82) is 0 Å². The lowest BCUT2D eigenvalue weighted by Gasteiger charge is -2.03. The SMILES string of the molecule is COc1ccc(-c2ccc(/C=C/C(N)=O)o2)c([N+](=O)[O-])c1. The predicted octanol–water partition coefficient (Wildman–Crippen LogP) is 2.36. The van der Waals surface area contributed by atoms with Crippen LogP contribution in [0.25, 0.3) is 17.4 Å². The van der Waals surface area contributed by atoms with Crippen LogP contribution in [0, 0.1) is 10.1 Å². The highest BCUT2D eigenvalue weighted by molar-refractivity contribution is 5.90. The number of hydrogen-bond acceptors (Lipinski definition) is 5. The van der Waals surface area contributed by atoms with E-state index in [4.69, 9.17) is 14.9 Å². The smallest absolute Gasteiger partial charge is 0.284 e. The summed E-state index contributed by atoms with van der Waals surface area (Å²) in [4.78, 5) is 21.3. The quantitative estimate of drug-likeness (QED) is 0.516. The lowest BCUT2D eigenvalue weighted by molar-refractivity contribution is -0.384. The minimum atomic E-state index is -0.608. The first-order valence-corrected chi connectivity index (χ1v) is 5.91. The van der Waals surface area contributed by atoms with E-state index in [1.165, 1.54) is 25.3 Å². The molecule has 7 heteroatoms. The molecule has 2 rings (SSSR count). The van der Waals surface area contributed by atoms with Crippen molar-refractivity contribution in [2.75, 3.05) is 7.11 Å². The summed E-state index contributed by atoms with van der Waals surface area (Å²) in [5.41, 5.74) is 5.17. The Morgan fingerprint density at radius 2 is 2.14 bits per heavy atom. The first-order valence-electron chi connectivity index (χ1n) is 5.91. The van der Waals surface area contributed by atoms with E-state index in [0.29, 0.717) is 22.8 Å². The fraction of sp³-hybridized carbons (Fsp3) is 0.0714. The van der Waals surface area contributed by atoms with Crippen LogP contribution in [0.4, 0.5) is 5.69 Å². The third-order valence-electron chi connectivity index (χ3n) is 2.71. The standard InChI is InChI=1S/C14H12N2O5/c1-20-10-2-5-11(12(8-10)16(18)19)13-6-3-9(21-13)4-7-14(15)17/h2-8H,1H3,(H2,15,17)/b7-4+. The third kappa shape index (κ3) is 3.27. The second-order valence-corrected chi connectivity index (χ2v) is 4.08. The molecule has 1 amide bonds. The molecule has 0 bridgehead atoms. The Morgan fingerprint density at radius 3 is 2.76 bits per heavy atom. The van der Waals surface area contributed by atoms with E-state index in [0.717, 1.165) is 6.08 Å². The van der Waals surface area contributed by atoms with E-state index in [1.54, 1.807) is 18.2 Å². The van der Waals surface area contributed by atoms with Gasteiger partial charge in [0.05, 0.1) is 23.7 Å². The molecule has 0 saturated heterocycles. The molecule has 0 atom stereocenters. The minimum Gasteiger partial charge on any atom is -0.497 e. The van der Waals surface area contributed by atoms with Crippen LogP contribution in [0.5, 0.6) is 5.75 Å². The molecule has 0 saturated carbocycles. The zero-order chi connectivity index (χ0) is 15.4. The predicted molar refractivity (Wildman–Crippen MR) is 75.6 cm³/mol. The molecule has 1 aromatic carbocycles. The number of nitrogens with zero attached hydrogens (tertiary/aromatic N) is 1. The third-order valence-corrected chi connectivity index (χ3v) is 2.71. The normalized spacial score (nSPS) is 10.7. The van der Waals surface area contributed by atoms with Crippen molar-refractivity contribution < 1.29 is 18.9 Å². The summed E-state index contributed by atoms with van der Waals surface area (Å²) in [7, 11) is 1.43. The summed E-state index contributed by atoms with van der Waals surface area (Å²) in [6, 6.07) is 7.62. The van der Waals surface area contributed by atoms with Gasteiger partial charge in [-0.05, 0) is 30.3 Å². The summed E-state index contributed by atoms with van der Waals surface area (Å²) in [5, 5.41) is 11.1. The second-order valence-electron chi connectivity index (χ2n) is 4.08. The van der Waals surface area contributed by atoms with E-state index in [-0.39, 0.29) is 5.69 Å². The second kappa shape index (κ2) is 5.91. The average molecular weight is 288 g/mol. The van der Waals surface area contributed by atoms with Crippen molar-refractivity contribution >= 4 is 17.7 Å². The topological polar surface area (TPSA) is 109 Å². The van der Waals surface area contributed by atoms with Gasteiger partial charge in [-0.1, -0.05) is 0 Å². The van der Waals surface area contributed by atoms with E-state index in [1.807, 2.05) is 0 Å². The molecule has 1 heterocycles. The fourth-order valence-electron chi connectivity index (χ4n) is 1.75. The number of benzene rings is 1. The Labute approximate surface area is 119 Å². The number of nitrogens with two attached hydrogens (primary N) is 1. The van der Waals surface area contributed by atoms with Crippen LogP contribution >= 0.6 is 0 Å². The number of hydrogen-bond donors (Lipinski definition) is 1. The fourth-order valence-corrected chi connectivity index (χ4v) is 1.75. The van der Waals surface area contributed by atoms with Crippen molar-refractivity contribution in [2.24, 2.45) is 5.73 Å². The number of carbonyl (C=O) groups excluding carboxylic acids is 1. The zero-order valence-corrected chi connectivity index (χ0v) is 11.1. The molecule has 0 fully saturated rings. The van der Waals surface area contributed by atoms with Gasteiger partial charge in [-0.15, -0.1) is 0 Å². The molecule has 7 nitrogen and oxygen atoms in total. The Bertz CT molecular complexity index is 718. The van der Waals surface area contributed by atoms with Gasteiger partial charge in [0.25, 0.3) is 5.69 Å². The number of primary amides is 1. The molecule has 0 radical (unpaired) electrons. The molecule has 2 aromatic rings. The zero-order valence-electron chi connectivity index (χ0n) is 11.1. The molecule has 2 N–H and O–H groups in total. The van der Waals surface area contributed by atoms with E-state index in [2.05, 4.69) is 0 Å². The molecular weight excluding hydrogens is 276 g/mol. The molecule has 21 heavy (non-hydrogen) atoms. The molecule has 0 aliphatic rings. The van der Waals surface area contributed by atoms with Gasteiger partial charge in [0.2, 0.25) is 5.91 Å². The largest absolute Gasteiger partial charge is 0.497 e. The van der Waals surface area contributed by atoms with Gasteiger partial charge in [-0.3, -0.25) is 14.9 Å². The van der Waals surface area contributed by atoms with Crippen LogP contribution in [-0.4, -0.2) is 17.9 Å². The first-order chi connectivity index (χ1) is 10.0. The Balaban J connectivity index is 2.42. The number of nitro groups is 1. The molecule has 0 spiro atoms. The molecular formula is C14H12N2O5. The number of rotatable bonds is 5.